The van der Waals surface area contributed by atoms with Crippen molar-refractivity contribution in [3.05, 3.63) is 29.8 Å². The normalized spacial score (nSPS) is 21.0. The Morgan fingerprint density at radius 1 is 1.41 bits per heavy atom. The molecule has 0 heterocycles. The van der Waals surface area contributed by atoms with Gasteiger partial charge in [0.1, 0.15) is 5.75 Å². The second-order valence-electron chi connectivity index (χ2n) is 5.16. The summed E-state index contributed by atoms with van der Waals surface area (Å²) in [5.41, 5.74) is 6.16. The average Bonchev–Trinajstić information content (AvgIpc) is 3.23. The molecule has 0 aromatic heterocycles. The second kappa shape index (κ2) is 3.84. The Balaban J connectivity index is 1.79. The smallest absolute Gasteiger partial charge is 0.170 e. The molecule has 2 N–H and O–H groups in total. The van der Waals surface area contributed by atoms with Crippen molar-refractivity contribution in [1.29, 1.82) is 0 Å². The molecule has 3 nitrogen and oxygen atoms in total. The minimum atomic E-state index is -0.266. The van der Waals surface area contributed by atoms with Gasteiger partial charge in [-0.1, -0.05) is 12.1 Å². The summed E-state index contributed by atoms with van der Waals surface area (Å²) >= 11 is 0. The standard InChI is InChI=1S/C14H17NO2/c15-9-14(6-7-14)13(16)10-2-1-3-12(8-10)17-11-4-5-11/h1-3,8,11H,4-7,9,15H2. The van der Waals surface area contributed by atoms with Crippen LogP contribution in [0.15, 0.2) is 24.3 Å². The van der Waals surface area contributed by atoms with E-state index in [0.29, 0.717) is 12.6 Å². The van der Waals surface area contributed by atoms with Gasteiger partial charge in [-0.3, -0.25) is 4.79 Å². The lowest BCUT2D eigenvalue weighted by atomic mass is 9.95. The van der Waals surface area contributed by atoms with E-state index < -0.39 is 0 Å². The summed E-state index contributed by atoms with van der Waals surface area (Å²) in [6, 6.07) is 7.52. The molecule has 0 radical (unpaired) electrons. The maximum Gasteiger partial charge on any atom is 0.170 e. The first-order valence-corrected chi connectivity index (χ1v) is 6.25. The first-order valence-electron chi connectivity index (χ1n) is 6.25. The van der Waals surface area contributed by atoms with Crippen LogP contribution in [-0.4, -0.2) is 18.4 Å². The van der Waals surface area contributed by atoms with Crippen LogP contribution in [-0.2, 0) is 0 Å². The highest BCUT2D eigenvalue weighted by Gasteiger charge is 2.48. The van der Waals surface area contributed by atoms with Crippen molar-refractivity contribution in [1.82, 2.24) is 0 Å². The lowest BCUT2D eigenvalue weighted by Crippen LogP contribution is -2.25. The summed E-state index contributed by atoms with van der Waals surface area (Å²) in [5.74, 6) is 0.993. The van der Waals surface area contributed by atoms with E-state index in [1.54, 1.807) is 0 Å². The summed E-state index contributed by atoms with van der Waals surface area (Å²) in [7, 11) is 0. The van der Waals surface area contributed by atoms with E-state index in [1.807, 2.05) is 24.3 Å². The minimum Gasteiger partial charge on any atom is -0.490 e. The van der Waals surface area contributed by atoms with Crippen LogP contribution in [0.3, 0.4) is 0 Å². The summed E-state index contributed by atoms with van der Waals surface area (Å²) in [6.07, 6.45) is 4.48. The van der Waals surface area contributed by atoms with Gasteiger partial charge in [0, 0.05) is 17.5 Å². The van der Waals surface area contributed by atoms with Gasteiger partial charge in [0.15, 0.2) is 5.78 Å². The second-order valence-corrected chi connectivity index (χ2v) is 5.16. The van der Waals surface area contributed by atoms with Crippen LogP contribution in [0.4, 0.5) is 0 Å². The molecular formula is C14H17NO2. The van der Waals surface area contributed by atoms with Crippen LogP contribution >= 0.6 is 0 Å². The van der Waals surface area contributed by atoms with Crippen molar-refractivity contribution in [3.8, 4) is 5.75 Å². The molecule has 2 fully saturated rings. The van der Waals surface area contributed by atoms with Gasteiger partial charge in [-0.15, -0.1) is 0 Å². The third-order valence-corrected chi connectivity index (χ3v) is 3.65. The summed E-state index contributed by atoms with van der Waals surface area (Å²) < 4.78 is 5.70. The van der Waals surface area contributed by atoms with Gasteiger partial charge >= 0.3 is 0 Å². The predicted octanol–water partition coefficient (Wildman–Crippen LogP) is 2.15. The Bertz CT molecular complexity index is 447. The largest absolute Gasteiger partial charge is 0.490 e. The minimum absolute atomic E-state index is 0.182. The SMILES string of the molecule is NCC1(C(=O)c2cccc(OC3CC3)c2)CC1. The molecule has 17 heavy (non-hydrogen) atoms. The molecule has 1 aromatic rings. The van der Waals surface area contributed by atoms with Crippen molar-refractivity contribution in [2.24, 2.45) is 11.1 Å². The Morgan fingerprint density at radius 2 is 2.18 bits per heavy atom. The van der Waals surface area contributed by atoms with Gasteiger partial charge in [-0.2, -0.15) is 0 Å². The third-order valence-electron chi connectivity index (χ3n) is 3.65. The van der Waals surface area contributed by atoms with Crippen LogP contribution in [0.5, 0.6) is 5.75 Å². The lowest BCUT2D eigenvalue weighted by Gasteiger charge is -2.12. The number of ketones is 1. The molecule has 2 aliphatic carbocycles. The number of hydrogen-bond acceptors (Lipinski definition) is 3. The third kappa shape index (κ3) is 2.07. The van der Waals surface area contributed by atoms with Gasteiger partial charge < -0.3 is 10.5 Å². The zero-order chi connectivity index (χ0) is 11.9. The molecular weight excluding hydrogens is 214 g/mol. The molecule has 2 saturated carbocycles. The molecule has 0 atom stereocenters. The first-order chi connectivity index (χ1) is 8.23. The molecule has 0 unspecified atom stereocenters. The molecule has 0 bridgehead atoms. The molecule has 0 aliphatic heterocycles. The topological polar surface area (TPSA) is 52.3 Å². The van der Waals surface area contributed by atoms with Gasteiger partial charge in [0.05, 0.1) is 6.10 Å². The molecule has 3 heteroatoms. The highest BCUT2D eigenvalue weighted by Crippen LogP contribution is 2.47. The monoisotopic (exact) mass is 231 g/mol. The highest BCUT2D eigenvalue weighted by atomic mass is 16.5. The number of hydrogen-bond donors (Lipinski definition) is 1. The van der Waals surface area contributed by atoms with Crippen molar-refractivity contribution < 1.29 is 9.53 Å². The zero-order valence-corrected chi connectivity index (χ0v) is 9.82. The van der Waals surface area contributed by atoms with Gasteiger partial charge in [0.2, 0.25) is 0 Å². The highest BCUT2D eigenvalue weighted by molar-refractivity contribution is 6.02. The Hall–Kier alpha value is -1.35. The van der Waals surface area contributed by atoms with Crippen molar-refractivity contribution in [2.45, 2.75) is 31.8 Å². The Morgan fingerprint density at radius 3 is 2.76 bits per heavy atom. The maximum absolute atomic E-state index is 12.3. The number of Topliss-reactive ketones (excluding diaryl/α,β-unsaturated/α-hetero) is 1. The van der Waals surface area contributed by atoms with E-state index in [9.17, 15) is 4.79 Å². The van der Waals surface area contributed by atoms with E-state index in [0.717, 1.165) is 37.0 Å². The molecule has 90 valence electrons. The Kier molecular flexibility index (Phi) is 2.44. The number of ether oxygens (including phenoxy) is 1. The van der Waals surface area contributed by atoms with Crippen LogP contribution in [0.25, 0.3) is 0 Å². The fraction of sp³-hybridized carbons (Fsp3) is 0.500. The number of nitrogens with two attached hydrogens (primary N) is 1. The predicted molar refractivity (Wildman–Crippen MR) is 65.1 cm³/mol. The van der Waals surface area contributed by atoms with E-state index in [4.69, 9.17) is 10.5 Å². The van der Waals surface area contributed by atoms with Gasteiger partial charge in [-0.25, -0.2) is 0 Å². The van der Waals surface area contributed by atoms with E-state index >= 15 is 0 Å². The van der Waals surface area contributed by atoms with E-state index in [-0.39, 0.29) is 11.2 Å². The Labute approximate surface area is 101 Å². The average molecular weight is 231 g/mol. The molecule has 0 saturated heterocycles. The molecule has 3 rings (SSSR count). The number of rotatable bonds is 5. The van der Waals surface area contributed by atoms with E-state index in [1.165, 1.54) is 0 Å². The number of carbonyl (C=O) groups excluding carboxylic acids is 1. The molecule has 0 spiro atoms. The lowest BCUT2D eigenvalue weighted by molar-refractivity contribution is 0.0905. The summed E-state index contributed by atoms with van der Waals surface area (Å²) in [4.78, 5) is 12.3. The molecule has 1 aromatic carbocycles. The van der Waals surface area contributed by atoms with Gasteiger partial charge in [-0.05, 0) is 37.8 Å². The van der Waals surface area contributed by atoms with Crippen molar-refractivity contribution in [3.63, 3.8) is 0 Å². The summed E-state index contributed by atoms with van der Waals surface area (Å²) in [5, 5.41) is 0. The fourth-order valence-corrected chi connectivity index (χ4v) is 2.07. The zero-order valence-electron chi connectivity index (χ0n) is 9.82. The number of benzene rings is 1. The summed E-state index contributed by atoms with van der Waals surface area (Å²) in [6.45, 7) is 0.458. The number of carbonyl (C=O) groups is 1. The van der Waals surface area contributed by atoms with Crippen LogP contribution in [0.2, 0.25) is 0 Å². The molecule has 0 amide bonds. The fourth-order valence-electron chi connectivity index (χ4n) is 2.07. The maximum atomic E-state index is 12.3. The van der Waals surface area contributed by atoms with Crippen molar-refractivity contribution >= 4 is 5.78 Å². The van der Waals surface area contributed by atoms with Gasteiger partial charge in [0.25, 0.3) is 0 Å². The van der Waals surface area contributed by atoms with Crippen LogP contribution in [0.1, 0.15) is 36.0 Å². The van der Waals surface area contributed by atoms with Crippen LogP contribution < -0.4 is 10.5 Å². The van der Waals surface area contributed by atoms with Crippen molar-refractivity contribution in [2.75, 3.05) is 6.54 Å². The van der Waals surface area contributed by atoms with Crippen LogP contribution in [0, 0.1) is 5.41 Å². The molecule has 2 aliphatic rings. The quantitative estimate of drug-likeness (QED) is 0.790. The van der Waals surface area contributed by atoms with E-state index in [2.05, 4.69) is 0 Å². The first kappa shape index (κ1) is 10.8.